The number of para-hydroxylation sites is 1. The fourth-order valence-electron chi connectivity index (χ4n) is 3.67. The van der Waals surface area contributed by atoms with Gasteiger partial charge < -0.3 is 10.3 Å². The van der Waals surface area contributed by atoms with Crippen molar-refractivity contribution >= 4 is 22.2 Å². The maximum Gasteiger partial charge on any atom is 0.258 e. The summed E-state index contributed by atoms with van der Waals surface area (Å²) in [5, 5.41) is 7.27. The normalized spacial score (nSPS) is 16.3. The Kier molecular flexibility index (Phi) is 3.62. The Morgan fingerprint density at radius 2 is 1.88 bits per heavy atom. The molecule has 1 aliphatic carbocycles. The molecule has 1 saturated carbocycles. The number of rotatable bonds is 3. The minimum Gasteiger partial charge on any atom is -0.334 e. The van der Waals surface area contributed by atoms with Gasteiger partial charge in [-0.15, -0.1) is 11.3 Å². The van der Waals surface area contributed by atoms with Crippen molar-refractivity contribution in [1.29, 1.82) is 0 Å². The van der Waals surface area contributed by atoms with E-state index in [9.17, 15) is 0 Å². The van der Waals surface area contributed by atoms with Crippen molar-refractivity contribution in [3.05, 3.63) is 53.7 Å². The quantitative estimate of drug-likeness (QED) is 0.569. The molecule has 5 rings (SSSR count). The van der Waals surface area contributed by atoms with Crippen molar-refractivity contribution in [2.75, 3.05) is 0 Å². The van der Waals surface area contributed by atoms with Crippen LogP contribution in [-0.4, -0.2) is 15.1 Å². The molecule has 2 N–H and O–H groups in total. The molecule has 1 aliphatic rings. The standard InChI is InChI=1S/C20H18N4OS/c21-20(9-3-4-10-20)19-23-18(25-24-19)14-12-16(17-8-5-11-26-17)22-15-7-2-1-6-13(14)15/h1-2,5-8,11-12H,3-4,9-10,21H2. The van der Waals surface area contributed by atoms with Gasteiger partial charge in [0.2, 0.25) is 0 Å². The number of nitrogens with zero attached hydrogens (tertiary/aromatic N) is 3. The van der Waals surface area contributed by atoms with Crippen LogP contribution in [0.25, 0.3) is 32.9 Å². The Hall–Kier alpha value is -2.57. The fourth-order valence-corrected chi connectivity index (χ4v) is 4.35. The van der Waals surface area contributed by atoms with E-state index in [1.165, 1.54) is 0 Å². The van der Waals surface area contributed by atoms with Gasteiger partial charge in [-0.3, -0.25) is 0 Å². The van der Waals surface area contributed by atoms with Crippen LogP contribution in [0.3, 0.4) is 0 Å². The van der Waals surface area contributed by atoms with Crippen LogP contribution in [0.2, 0.25) is 0 Å². The minimum absolute atomic E-state index is 0.457. The number of thiophene rings is 1. The third-order valence-electron chi connectivity index (χ3n) is 5.09. The van der Waals surface area contributed by atoms with Gasteiger partial charge >= 0.3 is 0 Å². The summed E-state index contributed by atoms with van der Waals surface area (Å²) in [6, 6.07) is 14.2. The van der Waals surface area contributed by atoms with Gasteiger partial charge in [-0.05, 0) is 36.4 Å². The Bertz CT molecular complexity index is 1060. The molecule has 0 atom stereocenters. The highest BCUT2D eigenvalue weighted by Crippen LogP contribution is 2.37. The van der Waals surface area contributed by atoms with E-state index in [0.717, 1.165) is 52.7 Å². The second-order valence-corrected chi connectivity index (χ2v) is 7.78. The van der Waals surface area contributed by atoms with E-state index >= 15 is 0 Å². The molecule has 3 aromatic heterocycles. The van der Waals surface area contributed by atoms with Crippen LogP contribution in [-0.2, 0) is 5.54 Å². The molecular formula is C20H18N4OS. The number of benzene rings is 1. The summed E-state index contributed by atoms with van der Waals surface area (Å²) in [4.78, 5) is 10.6. The van der Waals surface area contributed by atoms with E-state index in [0.29, 0.717) is 11.7 Å². The molecule has 4 aromatic rings. The van der Waals surface area contributed by atoms with E-state index in [1.807, 2.05) is 36.4 Å². The largest absolute Gasteiger partial charge is 0.334 e. The maximum atomic E-state index is 6.50. The highest BCUT2D eigenvalue weighted by atomic mass is 32.1. The number of hydrogen-bond donors (Lipinski definition) is 1. The summed E-state index contributed by atoms with van der Waals surface area (Å²) in [5.74, 6) is 1.12. The van der Waals surface area contributed by atoms with E-state index in [2.05, 4.69) is 21.6 Å². The summed E-state index contributed by atoms with van der Waals surface area (Å²) >= 11 is 1.66. The molecule has 5 nitrogen and oxygen atoms in total. The summed E-state index contributed by atoms with van der Waals surface area (Å²) in [6.45, 7) is 0. The lowest BCUT2D eigenvalue weighted by Gasteiger charge is -2.17. The summed E-state index contributed by atoms with van der Waals surface area (Å²) in [7, 11) is 0. The molecule has 0 amide bonds. The SMILES string of the molecule is NC1(c2noc(-c3cc(-c4cccs4)nc4ccccc34)n2)CCCC1. The number of fused-ring (bicyclic) bond motifs is 1. The Morgan fingerprint density at radius 3 is 2.69 bits per heavy atom. The van der Waals surface area contributed by atoms with Crippen molar-refractivity contribution in [3.63, 3.8) is 0 Å². The zero-order chi connectivity index (χ0) is 17.6. The molecule has 0 radical (unpaired) electrons. The second kappa shape index (κ2) is 6.00. The first-order valence-electron chi connectivity index (χ1n) is 8.80. The van der Waals surface area contributed by atoms with E-state index in [4.69, 9.17) is 15.2 Å². The number of aromatic nitrogens is 3. The Morgan fingerprint density at radius 1 is 1.04 bits per heavy atom. The molecular weight excluding hydrogens is 344 g/mol. The lowest BCUT2D eigenvalue weighted by atomic mass is 9.98. The lowest BCUT2D eigenvalue weighted by molar-refractivity contribution is 0.373. The van der Waals surface area contributed by atoms with E-state index < -0.39 is 5.54 Å². The second-order valence-electron chi connectivity index (χ2n) is 6.84. The van der Waals surface area contributed by atoms with Crippen molar-refractivity contribution in [1.82, 2.24) is 15.1 Å². The van der Waals surface area contributed by atoms with Crippen LogP contribution in [0.15, 0.2) is 52.4 Å². The van der Waals surface area contributed by atoms with Crippen molar-refractivity contribution < 1.29 is 4.52 Å². The summed E-state index contributed by atoms with van der Waals surface area (Å²) in [5.41, 5.74) is 8.77. The van der Waals surface area contributed by atoms with Gasteiger partial charge in [0.15, 0.2) is 5.82 Å². The molecule has 0 aliphatic heterocycles. The molecule has 130 valence electrons. The number of pyridine rings is 1. The van der Waals surface area contributed by atoms with Crippen LogP contribution in [0.5, 0.6) is 0 Å². The third kappa shape index (κ3) is 2.53. The molecule has 26 heavy (non-hydrogen) atoms. The highest BCUT2D eigenvalue weighted by molar-refractivity contribution is 7.13. The molecule has 6 heteroatoms. The van der Waals surface area contributed by atoms with Gasteiger partial charge in [0.05, 0.1) is 27.2 Å². The molecule has 1 fully saturated rings. The predicted octanol–water partition coefficient (Wildman–Crippen LogP) is 4.74. The fraction of sp³-hybridized carbons (Fsp3) is 0.250. The molecule has 3 heterocycles. The van der Waals surface area contributed by atoms with Gasteiger partial charge in [-0.1, -0.05) is 42.3 Å². The number of nitrogens with two attached hydrogens (primary N) is 1. The topological polar surface area (TPSA) is 77.8 Å². The van der Waals surface area contributed by atoms with Crippen LogP contribution < -0.4 is 5.73 Å². The van der Waals surface area contributed by atoms with E-state index in [-0.39, 0.29) is 0 Å². The summed E-state index contributed by atoms with van der Waals surface area (Å²) < 4.78 is 5.64. The first kappa shape index (κ1) is 15.7. The number of hydrogen-bond acceptors (Lipinski definition) is 6. The molecule has 1 aromatic carbocycles. The van der Waals surface area contributed by atoms with Gasteiger partial charge in [0.1, 0.15) is 0 Å². The first-order chi connectivity index (χ1) is 12.7. The smallest absolute Gasteiger partial charge is 0.258 e. The first-order valence-corrected chi connectivity index (χ1v) is 9.68. The third-order valence-corrected chi connectivity index (χ3v) is 5.98. The van der Waals surface area contributed by atoms with E-state index in [1.54, 1.807) is 11.3 Å². The molecule has 0 spiro atoms. The average molecular weight is 362 g/mol. The van der Waals surface area contributed by atoms with Gasteiger partial charge in [0.25, 0.3) is 5.89 Å². The highest BCUT2D eigenvalue weighted by Gasteiger charge is 2.36. The zero-order valence-corrected chi connectivity index (χ0v) is 15.0. The minimum atomic E-state index is -0.457. The van der Waals surface area contributed by atoms with Crippen molar-refractivity contribution in [2.45, 2.75) is 31.2 Å². The molecule has 0 bridgehead atoms. The monoisotopic (exact) mass is 362 g/mol. The van der Waals surface area contributed by atoms with Gasteiger partial charge in [-0.25, -0.2) is 4.98 Å². The maximum absolute atomic E-state index is 6.50. The van der Waals surface area contributed by atoms with Crippen LogP contribution in [0.4, 0.5) is 0 Å². The van der Waals surface area contributed by atoms with Gasteiger partial charge in [-0.2, -0.15) is 4.98 Å². The molecule has 0 saturated heterocycles. The van der Waals surface area contributed by atoms with Crippen LogP contribution in [0.1, 0.15) is 31.5 Å². The lowest BCUT2D eigenvalue weighted by Crippen LogP contribution is -2.34. The zero-order valence-electron chi connectivity index (χ0n) is 14.2. The average Bonchev–Trinajstić information content (AvgIpc) is 3.42. The Labute approximate surface area is 154 Å². The summed E-state index contributed by atoms with van der Waals surface area (Å²) in [6.07, 6.45) is 4.04. The van der Waals surface area contributed by atoms with Crippen LogP contribution >= 0.6 is 11.3 Å². The van der Waals surface area contributed by atoms with Crippen molar-refractivity contribution in [2.24, 2.45) is 5.73 Å². The van der Waals surface area contributed by atoms with Crippen molar-refractivity contribution in [3.8, 4) is 22.0 Å². The van der Waals surface area contributed by atoms with Crippen LogP contribution in [0, 0.1) is 0 Å². The van der Waals surface area contributed by atoms with Gasteiger partial charge in [0, 0.05) is 5.39 Å². The Balaban J connectivity index is 1.67. The predicted molar refractivity (Wildman–Crippen MR) is 103 cm³/mol. The molecule has 0 unspecified atom stereocenters.